The summed E-state index contributed by atoms with van der Waals surface area (Å²) in [4.78, 5) is 59.1. The van der Waals surface area contributed by atoms with Crippen LogP contribution in [0.25, 0.3) is 11.2 Å². The van der Waals surface area contributed by atoms with E-state index in [1.54, 1.807) is 37.0 Å². The molecule has 0 radical (unpaired) electrons. The van der Waals surface area contributed by atoms with Gasteiger partial charge >= 0.3 is 17.5 Å². The molecule has 0 fully saturated rings. The van der Waals surface area contributed by atoms with E-state index in [1.807, 2.05) is 0 Å². The Morgan fingerprint density at radius 1 is 1.12 bits per heavy atom. The van der Waals surface area contributed by atoms with Gasteiger partial charge in [0.15, 0.2) is 11.2 Å². The maximum atomic E-state index is 12.3. The summed E-state index contributed by atoms with van der Waals surface area (Å²) in [6, 6.07) is 4.93. The minimum atomic E-state index is -1.31. The molecular formula is C21H23N7O6. The van der Waals surface area contributed by atoms with Gasteiger partial charge in [-0.3, -0.25) is 19.0 Å². The molecule has 1 aromatic carbocycles. The van der Waals surface area contributed by atoms with E-state index >= 15 is 0 Å². The summed E-state index contributed by atoms with van der Waals surface area (Å²) >= 11 is 0. The molecule has 2 heterocycles. The molecule has 0 aliphatic rings. The number of aryl methyl sites for hydroxylation is 1. The van der Waals surface area contributed by atoms with E-state index in [2.05, 4.69) is 30.9 Å². The number of carbonyl (C=O) groups excluding carboxylic acids is 1. The van der Waals surface area contributed by atoms with Crippen LogP contribution in [-0.2, 0) is 23.2 Å². The lowest BCUT2D eigenvalue weighted by Gasteiger charge is -2.14. The van der Waals surface area contributed by atoms with Crippen molar-refractivity contribution in [2.24, 2.45) is 7.05 Å². The first kappa shape index (κ1) is 24.1. The fraction of sp³-hybridized carbons (Fsp3) is 0.286. The molecule has 13 nitrogen and oxygen atoms in total. The summed E-state index contributed by atoms with van der Waals surface area (Å²) in [5.41, 5.74) is 1.41. The van der Waals surface area contributed by atoms with Gasteiger partial charge in [0, 0.05) is 31.8 Å². The Balaban J connectivity index is 1.65. The average Bonchev–Trinajstić information content (AvgIpc) is 2.82. The zero-order chi connectivity index (χ0) is 24.8. The van der Waals surface area contributed by atoms with Gasteiger partial charge in [-0.1, -0.05) is 0 Å². The van der Waals surface area contributed by atoms with Gasteiger partial charge in [0.25, 0.3) is 5.91 Å². The highest BCUT2D eigenvalue weighted by molar-refractivity contribution is 5.96. The third-order valence-corrected chi connectivity index (χ3v) is 4.94. The van der Waals surface area contributed by atoms with Gasteiger partial charge in [0.1, 0.15) is 6.04 Å². The van der Waals surface area contributed by atoms with E-state index in [0.717, 1.165) is 0 Å². The Bertz CT molecular complexity index is 1290. The number of carbonyl (C=O) groups is 3. The van der Waals surface area contributed by atoms with Crippen molar-refractivity contribution in [3.8, 4) is 0 Å². The van der Waals surface area contributed by atoms with E-state index in [9.17, 15) is 24.3 Å². The molecule has 0 aliphatic carbocycles. The number of hydrogen-bond acceptors (Lipinski definition) is 9. The molecule has 5 N–H and O–H groups in total. The van der Waals surface area contributed by atoms with Crippen LogP contribution in [-0.4, -0.2) is 60.7 Å². The fourth-order valence-corrected chi connectivity index (χ4v) is 3.14. The van der Waals surface area contributed by atoms with E-state index in [0.29, 0.717) is 23.0 Å². The topological polar surface area (TPSA) is 188 Å². The third-order valence-electron chi connectivity index (χ3n) is 4.94. The van der Waals surface area contributed by atoms with Gasteiger partial charge in [0.05, 0.1) is 18.4 Å². The van der Waals surface area contributed by atoms with Crippen LogP contribution >= 0.6 is 0 Å². The number of carboxylic acid groups (broad SMARTS) is 2. The lowest BCUT2D eigenvalue weighted by molar-refractivity contribution is -0.140. The highest BCUT2D eigenvalue weighted by atomic mass is 16.4. The van der Waals surface area contributed by atoms with Gasteiger partial charge in [-0.15, -0.1) is 0 Å². The number of amides is 1. The summed E-state index contributed by atoms with van der Waals surface area (Å²) in [6.07, 6.45) is 0.938. The number of nitrogens with one attached hydrogen (secondary N) is 3. The van der Waals surface area contributed by atoms with Gasteiger partial charge < -0.3 is 26.2 Å². The molecule has 13 heteroatoms. The highest BCUT2D eigenvalue weighted by Gasteiger charge is 2.21. The number of rotatable bonds is 10. The average molecular weight is 469 g/mol. The lowest BCUT2D eigenvalue weighted by Crippen LogP contribution is -2.41. The van der Waals surface area contributed by atoms with Crippen LogP contribution in [0.2, 0.25) is 0 Å². The monoisotopic (exact) mass is 469 g/mol. The molecule has 2 aromatic heterocycles. The summed E-state index contributed by atoms with van der Waals surface area (Å²) in [5.74, 6) is -2.71. The highest BCUT2D eigenvalue weighted by Crippen LogP contribution is 2.13. The molecule has 0 aliphatic heterocycles. The first-order valence-corrected chi connectivity index (χ1v) is 10.2. The van der Waals surface area contributed by atoms with Crippen molar-refractivity contribution < 1.29 is 24.6 Å². The van der Waals surface area contributed by atoms with Crippen LogP contribution in [0.15, 0.2) is 35.3 Å². The first-order valence-electron chi connectivity index (χ1n) is 10.2. The van der Waals surface area contributed by atoms with Gasteiger partial charge in [-0.2, -0.15) is 4.98 Å². The van der Waals surface area contributed by atoms with Gasteiger partial charge in [-0.25, -0.2) is 14.8 Å². The standard InChI is InChI=1S/C21H23N7O6/c1-22-21-27-19(32)16-17(28(21)2)24-10-13(25-16)9-23-12-5-3-11(4-6-12)18(31)26-14(20(33)34)7-8-15(29)30/h3-6,10,14,23H,7-9H2,1-2H3,(H,26,31)(H,29,30)(H,33,34)(H,22,27,32). The Labute approximate surface area is 192 Å². The van der Waals surface area contributed by atoms with Crippen molar-refractivity contribution in [2.75, 3.05) is 17.7 Å². The Morgan fingerprint density at radius 2 is 1.82 bits per heavy atom. The molecule has 0 saturated carbocycles. The van der Waals surface area contributed by atoms with Crippen LogP contribution in [0.3, 0.4) is 0 Å². The summed E-state index contributed by atoms with van der Waals surface area (Å²) < 4.78 is 1.63. The van der Waals surface area contributed by atoms with E-state index < -0.39 is 29.4 Å². The molecule has 3 rings (SSSR count). The predicted molar refractivity (Wildman–Crippen MR) is 122 cm³/mol. The molecule has 1 unspecified atom stereocenters. The van der Waals surface area contributed by atoms with Crippen LogP contribution < -0.4 is 21.5 Å². The molecule has 34 heavy (non-hydrogen) atoms. The van der Waals surface area contributed by atoms with Crippen LogP contribution in [0.5, 0.6) is 0 Å². The summed E-state index contributed by atoms with van der Waals surface area (Å²) in [5, 5.41) is 26.1. The molecule has 0 saturated heterocycles. The van der Waals surface area contributed by atoms with Gasteiger partial charge in [0.2, 0.25) is 5.95 Å². The maximum absolute atomic E-state index is 12.3. The van der Waals surface area contributed by atoms with Crippen molar-refractivity contribution in [3.05, 3.63) is 52.1 Å². The van der Waals surface area contributed by atoms with Crippen molar-refractivity contribution in [3.63, 3.8) is 0 Å². The number of nitrogens with zero attached hydrogens (tertiary/aromatic N) is 4. The third kappa shape index (κ3) is 5.62. The van der Waals surface area contributed by atoms with E-state index in [4.69, 9.17) is 5.11 Å². The van der Waals surface area contributed by atoms with Crippen LogP contribution in [0.4, 0.5) is 11.6 Å². The Morgan fingerprint density at radius 3 is 2.44 bits per heavy atom. The van der Waals surface area contributed by atoms with Crippen molar-refractivity contribution in [1.82, 2.24) is 24.8 Å². The predicted octanol–water partition coefficient (Wildman–Crippen LogP) is 0.425. The number of anilines is 2. The van der Waals surface area contributed by atoms with Gasteiger partial charge in [-0.05, 0) is 30.7 Å². The molecule has 1 atom stereocenters. The van der Waals surface area contributed by atoms with Crippen molar-refractivity contribution >= 4 is 40.6 Å². The second-order valence-corrected chi connectivity index (χ2v) is 7.31. The largest absolute Gasteiger partial charge is 0.481 e. The number of carboxylic acids is 2. The molecule has 178 valence electrons. The minimum absolute atomic E-state index is 0.142. The summed E-state index contributed by atoms with van der Waals surface area (Å²) in [6.45, 7) is 0.252. The number of fused-ring (bicyclic) bond motifs is 1. The number of benzene rings is 1. The SMILES string of the molecule is CNc1nc(=O)c2nc(CNc3ccc(C(=O)NC(CCC(=O)O)C(=O)O)cc3)cnc2n1C. The van der Waals surface area contributed by atoms with E-state index in [-0.39, 0.29) is 30.5 Å². The minimum Gasteiger partial charge on any atom is -0.481 e. The Hall–Kier alpha value is -4.55. The maximum Gasteiger partial charge on any atom is 0.326 e. The number of hydrogen-bond donors (Lipinski definition) is 5. The molecule has 0 spiro atoms. The first-order chi connectivity index (χ1) is 16.2. The molecular weight excluding hydrogens is 446 g/mol. The Kier molecular flexibility index (Phi) is 7.36. The normalized spacial score (nSPS) is 11.6. The zero-order valence-electron chi connectivity index (χ0n) is 18.4. The second kappa shape index (κ2) is 10.4. The second-order valence-electron chi connectivity index (χ2n) is 7.31. The smallest absolute Gasteiger partial charge is 0.326 e. The molecule has 1 amide bonds. The number of aromatic nitrogens is 4. The molecule has 0 bridgehead atoms. The van der Waals surface area contributed by atoms with E-state index in [1.165, 1.54) is 12.1 Å². The zero-order valence-corrected chi connectivity index (χ0v) is 18.4. The van der Waals surface area contributed by atoms with Crippen molar-refractivity contribution in [2.45, 2.75) is 25.4 Å². The summed E-state index contributed by atoms with van der Waals surface area (Å²) in [7, 11) is 3.37. The quantitative estimate of drug-likeness (QED) is 0.277. The number of aliphatic carboxylic acids is 2. The fourth-order valence-electron chi connectivity index (χ4n) is 3.14. The van der Waals surface area contributed by atoms with Crippen LogP contribution in [0, 0.1) is 0 Å². The lowest BCUT2D eigenvalue weighted by atomic mass is 10.1. The molecule has 3 aromatic rings. The van der Waals surface area contributed by atoms with Crippen LogP contribution in [0.1, 0.15) is 28.9 Å². The van der Waals surface area contributed by atoms with Crippen molar-refractivity contribution in [1.29, 1.82) is 0 Å².